The number of hydrogen-bond donors (Lipinski definition) is 0. The lowest BCUT2D eigenvalue weighted by atomic mass is 10.0. The monoisotopic (exact) mass is 573 g/mol. The highest BCUT2D eigenvalue weighted by molar-refractivity contribution is 7.81. The zero-order chi connectivity index (χ0) is 28.0. The Kier molecular flexibility index (Phi) is 7.21. The van der Waals surface area contributed by atoms with Crippen molar-refractivity contribution < 1.29 is 9.59 Å². The molecule has 1 aromatic heterocycles. The number of carbonyl (C=O) groups excluding carboxylic acids is 2. The van der Waals surface area contributed by atoms with Gasteiger partial charge in [0.2, 0.25) is 0 Å². The third-order valence-corrected chi connectivity index (χ3v) is 8.05. The summed E-state index contributed by atoms with van der Waals surface area (Å²) in [5.74, 6) is -0.949. The number of halogens is 2. The van der Waals surface area contributed by atoms with E-state index in [1.165, 1.54) is 9.80 Å². The molecule has 1 saturated heterocycles. The van der Waals surface area contributed by atoms with Gasteiger partial charge in [-0.2, -0.15) is 0 Å². The van der Waals surface area contributed by atoms with Gasteiger partial charge in [0.15, 0.2) is 5.11 Å². The Morgan fingerprint density at radius 3 is 1.97 bits per heavy atom. The zero-order valence-corrected chi connectivity index (χ0v) is 24.2. The summed E-state index contributed by atoms with van der Waals surface area (Å²) in [7, 11) is 0. The summed E-state index contributed by atoms with van der Waals surface area (Å²) in [4.78, 5) is 30.7. The molecule has 1 aliphatic heterocycles. The van der Waals surface area contributed by atoms with Gasteiger partial charge in [0, 0.05) is 17.1 Å². The molecule has 39 heavy (non-hydrogen) atoms. The normalized spacial score (nSPS) is 15.0. The number of benzene rings is 3. The van der Waals surface area contributed by atoms with E-state index in [1.807, 2.05) is 80.8 Å². The van der Waals surface area contributed by atoms with Gasteiger partial charge in [-0.15, -0.1) is 0 Å². The average Bonchev–Trinajstić information content (AvgIpc) is 3.18. The third kappa shape index (κ3) is 4.80. The highest BCUT2D eigenvalue weighted by Gasteiger charge is 2.41. The van der Waals surface area contributed by atoms with Gasteiger partial charge >= 0.3 is 0 Å². The molecular weight excluding hydrogens is 549 g/mol. The van der Waals surface area contributed by atoms with Crippen LogP contribution in [0.1, 0.15) is 28.1 Å². The highest BCUT2D eigenvalue weighted by Crippen LogP contribution is 2.33. The predicted molar refractivity (Wildman–Crippen MR) is 163 cm³/mol. The summed E-state index contributed by atoms with van der Waals surface area (Å²) in [5, 5.41) is 1.01. The van der Waals surface area contributed by atoms with Crippen LogP contribution in [-0.2, 0) is 9.59 Å². The lowest BCUT2D eigenvalue weighted by Gasteiger charge is -2.36. The first kappa shape index (κ1) is 26.9. The molecule has 4 aromatic rings. The number of para-hydroxylation sites is 1. The number of nitrogens with zero attached hydrogens (tertiary/aromatic N) is 3. The van der Waals surface area contributed by atoms with Gasteiger partial charge < -0.3 is 4.57 Å². The van der Waals surface area contributed by atoms with Crippen LogP contribution >= 0.6 is 35.4 Å². The van der Waals surface area contributed by atoms with Crippen LogP contribution in [0.2, 0.25) is 10.0 Å². The second-order valence-electron chi connectivity index (χ2n) is 9.49. The van der Waals surface area contributed by atoms with Gasteiger partial charge in [0.25, 0.3) is 11.8 Å². The third-order valence-electron chi connectivity index (χ3n) is 6.94. The van der Waals surface area contributed by atoms with E-state index in [4.69, 9.17) is 35.4 Å². The number of amides is 2. The quantitative estimate of drug-likeness (QED) is 0.142. The number of thiocarbonyl (C=S) groups is 1. The van der Waals surface area contributed by atoms with E-state index in [9.17, 15) is 9.59 Å². The van der Waals surface area contributed by atoms with Crippen LogP contribution in [0, 0.1) is 27.7 Å². The molecule has 0 aliphatic carbocycles. The molecule has 0 saturated carbocycles. The van der Waals surface area contributed by atoms with E-state index in [0.29, 0.717) is 21.4 Å². The van der Waals surface area contributed by atoms with E-state index < -0.39 is 11.8 Å². The lowest BCUT2D eigenvalue weighted by Crippen LogP contribution is -2.57. The van der Waals surface area contributed by atoms with Gasteiger partial charge in [0.05, 0.1) is 21.4 Å². The lowest BCUT2D eigenvalue weighted by molar-refractivity contribution is -0.120. The highest BCUT2D eigenvalue weighted by atomic mass is 35.5. The van der Waals surface area contributed by atoms with Crippen LogP contribution in [0.3, 0.4) is 0 Å². The van der Waals surface area contributed by atoms with Crippen molar-refractivity contribution in [2.45, 2.75) is 27.7 Å². The molecule has 3 aromatic carbocycles. The number of aryl methyl sites for hydroxylation is 3. The Morgan fingerprint density at radius 1 is 0.692 bits per heavy atom. The minimum Gasteiger partial charge on any atom is -0.318 e. The first-order chi connectivity index (χ1) is 18.6. The minimum absolute atomic E-state index is 0.0140. The topological polar surface area (TPSA) is 45.6 Å². The van der Waals surface area contributed by atoms with Gasteiger partial charge in [-0.05, 0) is 111 Å². The van der Waals surface area contributed by atoms with Crippen molar-refractivity contribution in [2.75, 3.05) is 9.80 Å². The summed E-state index contributed by atoms with van der Waals surface area (Å²) < 4.78 is 2.01. The van der Waals surface area contributed by atoms with Gasteiger partial charge in [-0.25, -0.2) is 0 Å². The van der Waals surface area contributed by atoms with Gasteiger partial charge in [-0.3, -0.25) is 19.4 Å². The largest absolute Gasteiger partial charge is 0.318 e. The van der Waals surface area contributed by atoms with Crippen LogP contribution in [-0.4, -0.2) is 21.5 Å². The number of rotatable bonds is 4. The predicted octanol–water partition coefficient (Wildman–Crippen LogP) is 7.77. The maximum atomic E-state index is 14.0. The van der Waals surface area contributed by atoms with E-state index in [1.54, 1.807) is 30.3 Å². The van der Waals surface area contributed by atoms with E-state index >= 15 is 0 Å². The van der Waals surface area contributed by atoms with Crippen LogP contribution in [0.4, 0.5) is 11.4 Å². The Balaban J connectivity index is 1.66. The number of aromatic nitrogens is 1. The summed E-state index contributed by atoms with van der Waals surface area (Å²) >= 11 is 18.2. The van der Waals surface area contributed by atoms with E-state index in [-0.39, 0.29) is 10.7 Å². The van der Waals surface area contributed by atoms with Crippen molar-refractivity contribution >= 4 is 69.8 Å². The number of anilines is 2. The fourth-order valence-corrected chi connectivity index (χ4v) is 5.41. The molecule has 0 bridgehead atoms. The van der Waals surface area contributed by atoms with Crippen molar-refractivity contribution in [1.29, 1.82) is 0 Å². The molecule has 0 atom stereocenters. The summed E-state index contributed by atoms with van der Waals surface area (Å²) in [6, 6.07) is 22.2. The van der Waals surface area contributed by atoms with Crippen LogP contribution in [0.25, 0.3) is 11.8 Å². The zero-order valence-electron chi connectivity index (χ0n) is 21.8. The fraction of sp³-hybridized carbons (Fsp3) is 0.129. The molecule has 1 aliphatic rings. The van der Waals surface area contributed by atoms with Crippen molar-refractivity contribution in [1.82, 2.24) is 4.57 Å². The van der Waals surface area contributed by atoms with Gasteiger partial charge in [-0.1, -0.05) is 47.5 Å². The van der Waals surface area contributed by atoms with Crippen LogP contribution in [0.15, 0.2) is 78.4 Å². The van der Waals surface area contributed by atoms with E-state index in [0.717, 1.165) is 33.8 Å². The molecule has 8 heteroatoms. The fourth-order valence-electron chi connectivity index (χ4n) is 4.74. The standard InChI is InChI=1S/C31H25Cl2N3O2S/c1-18-10-11-24(14-19(18)2)36-30(38)26(29(37)35(31(36)39)23-8-6-5-7-9-23)16-22-15-20(3)34(21(22)4)25-12-13-27(32)28(33)17-25/h5-17H,1-4H3. The molecule has 0 radical (unpaired) electrons. The average molecular weight is 575 g/mol. The summed E-state index contributed by atoms with van der Waals surface area (Å²) in [6.45, 7) is 7.87. The molecule has 5 rings (SSSR count). The minimum atomic E-state index is -0.476. The molecule has 0 N–H and O–H groups in total. The summed E-state index contributed by atoms with van der Waals surface area (Å²) in [5.41, 5.74) is 6.63. The van der Waals surface area contributed by atoms with Crippen LogP contribution in [0.5, 0.6) is 0 Å². The van der Waals surface area contributed by atoms with Crippen molar-refractivity contribution in [2.24, 2.45) is 0 Å². The molecule has 196 valence electrons. The van der Waals surface area contributed by atoms with Gasteiger partial charge in [0.1, 0.15) is 5.57 Å². The van der Waals surface area contributed by atoms with Crippen molar-refractivity contribution in [3.63, 3.8) is 0 Å². The Labute approximate surface area is 242 Å². The molecule has 5 nitrogen and oxygen atoms in total. The smallest absolute Gasteiger partial charge is 0.270 e. The van der Waals surface area contributed by atoms with E-state index in [2.05, 4.69) is 0 Å². The van der Waals surface area contributed by atoms with Crippen molar-refractivity contribution in [3.05, 3.63) is 116 Å². The first-order valence-electron chi connectivity index (χ1n) is 12.3. The SMILES string of the molecule is Cc1ccc(N2C(=O)C(=Cc3cc(C)n(-c4ccc(Cl)c(Cl)c4)c3C)C(=O)N(c3ccccc3)C2=S)cc1C. The molecule has 0 spiro atoms. The Hall–Kier alpha value is -3.71. The molecular formula is C31H25Cl2N3O2S. The Morgan fingerprint density at radius 2 is 1.33 bits per heavy atom. The molecule has 2 amide bonds. The maximum absolute atomic E-state index is 14.0. The second kappa shape index (κ2) is 10.5. The molecule has 2 heterocycles. The maximum Gasteiger partial charge on any atom is 0.270 e. The molecule has 0 unspecified atom stereocenters. The summed E-state index contributed by atoms with van der Waals surface area (Å²) in [6.07, 6.45) is 1.65. The first-order valence-corrected chi connectivity index (χ1v) is 13.5. The number of carbonyl (C=O) groups is 2. The molecule has 1 fully saturated rings. The van der Waals surface area contributed by atoms with Crippen molar-refractivity contribution in [3.8, 4) is 5.69 Å². The van der Waals surface area contributed by atoms with Crippen LogP contribution < -0.4 is 9.80 Å². The Bertz CT molecular complexity index is 1690. The number of hydrogen-bond acceptors (Lipinski definition) is 3. The second-order valence-corrected chi connectivity index (χ2v) is 10.7.